The highest BCUT2D eigenvalue weighted by atomic mass is 35.5. The highest BCUT2D eigenvalue weighted by Crippen LogP contribution is 2.38. The lowest BCUT2D eigenvalue weighted by atomic mass is 10.1. The van der Waals surface area contributed by atoms with Crippen molar-refractivity contribution >= 4 is 29.3 Å². The van der Waals surface area contributed by atoms with Gasteiger partial charge in [0.1, 0.15) is 17.5 Å². The largest absolute Gasteiger partial charge is 0.493 e. The molecule has 0 spiro atoms. The van der Waals surface area contributed by atoms with Crippen molar-refractivity contribution in [3.05, 3.63) is 58.4 Å². The van der Waals surface area contributed by atoms with E-state index in [1.54, 1.807) is 6.07 Å². The molecule has 9 heteroatoms. The third kappa shape index (κ3) is 5.39. The van der Waals surface area contributed by atoms with E-state index in [-0.39, 0.29) is 27.7 Å². The maximum absolute atomic E-state index is 12.9. The van der Waals surface area contributed by atoms with Crippen molar-refractivity contribution in [3.63, 3.8) is 0 Å². The van der Waals surface area contributed by atoms with Crippen molar-refractivity contribution in [1.82, 2.24) is 0 Å². The smallest absolute Gasteiger partial charge is 0.387 e. The quantitative estimate of drug-likeness (QED) is 0.570. The summed E-state index contributed by atoms with van der Waals surface area (Å²) in [4.78, 5) is 12.2. The van der Waals surface area contributed by atoms with E-state index in [4.69, 9.17) is 16.3 Å². The molecule has 2 rings (SSSR count). The van der Waals surface area contributed by atoms with Gasteiger partial charge in [-0.25, -0.2) is 4.39 Å². The van der Waals surface area contributed by atoms with Crippen molar-refractivity contribution in [2.24, 2.45) is 0 Å². The van der Waals surface area contributed by atoms with Crippen LogP contribution < -0.4 is 14.8 Å². The Morgan fingerprint density at radius 2 is 1.96 bits per heavy atom. The minimum absolute atomic E-state index is 0.0923. The van der Waals surface area contributed by atoms with Crippen LogP contribution in [0.1, 0.15) is 5.56 Å². The van der Waals surface area contributed by atoms with Crippen LogP contribution in [0.25, 0.3) is 6.08 Å². The summed E-state index contributed by atoms with van der Waals surface area (Å²) in [6, 6.07) is 9.21. The molecule has 0 radical (unpaired) electrons. The van der Waals surface area contributed by atoms with Gasteiger partial charge >= 0.3 is 6.61 Å². The fraction of sp³-hybridized carbons (Fsp3) is 0.111. The molecule has 0 saturated heterocycles. The van der Waals surface area contributed by atoms with Crippen LogP contribution >= 0.6 is 11.6 Å². The average molecular weight is 397 g/mol. The average Bonchev–Trinajstić information content (AvgIpc) is 2.63. The van der Waals surface area contributed by atoms with E-state index in [1.807, 2.05) is 0 Å². The molecule has 0 aliphatic rings. The van der Waals surface area contributed by atoms with Gasteiger partial charge in [0.2, 0.25) is 0 Å². The molecule has 5 nitrogen and oxygen atoms in total. The molecule has 1 N–H and O–H groups in total. The third-order valence-electron chi connectivity index (χ3n) is 3.24. The maximum Gasteiger partial charge on any atom is 0.387 e. The van der Waals surface area contributed by atoms with Crippen molar-refractivity contribution in [1.29, 1.82) is 5.26 Å². The van der Waals surface area contributed by atoms with Crippen LogP contribution in [0.3, 0.4) is 0 Å². The van der Waals surface area contributed by atoms with Gasteiger partial charge in [0, 0.05) is 5.69 Å². The Kier molecular flexibility index (Phi) is 6.68. The summed E-state index contributed by atoms with van der Waals surface area (Å²) in [5.74, 6) is -1.67. The number of nitrogens with one attached hydrogen (secondary N) is 1. The Bertz CT molecular complexity index is 909. The summed E-state index contributed by atoms with van der Waals surface area (Å²) in [5, 5.41) is 11.5. The summed E-state index contributed by atoms with van der Waals surface area (Å²) in [7, 11) is 1.23. The van der Waals surface area contributed by atoms with Crippen LogP contribution in [0, 0.1) is 17.1 Å². The third-order valence-corrected chi connectivity index (χ3v) is 3.52. The molecule has 2 aromatic carbocycles. The topological polar surface area (TPSA) is 71.3 Å². The molecular weight excluding hydrogens is 385 g/mol. The number of methoxy groups -OCH3 is 1. The second kappa shape index (κ2) is 8.96. The zero-order valence-corrected chi connectivity index (χ0v) is 14.6. The second-order valence-electron chi connectivity index (χ2n) is 5.04. The standard InChI is InChI=1S/C18H12ClF3N2O3/c1-26-15-8-10(7-14(19)16(15)27-18(21)22)6-11(9-23)17(25)24-13-4-2-12(20)3-5-13/h2-8,18H,1H3,(H,24,25)/b11-6+. The van der Waals surface area contributed by atoms with E-state index < -0.39 is 18.3 Å². The number of hydrogen-bond acceptors (Lipinski definition) is 4. The van der Waals surface area contributed by atoms with Gasteiger partial charge in [0.15, 0.2) is 11.5 Å². The number of hydrogen-bond donors (Lipinski definition) is 1. The van der Waals surface area contributed by atoms with E-state index >= 15 is 0 Å². The van der Waals surface area contributed by atoms with E-state index in [9.17, 15) is 23.2 Å². The van der Waals surface area contributed by atoms with Gasteiger partial charge in [0.05, 0.1) is 12.1 Å². The van der Waals surface area contributed by atoms with E-state index in [0.29, 0.717) is 5.69 Å². The van der Waals surface area contributed by atoms with E-state index in [1.165, 1.54) is 37.5 Å². The van der Waals surface area contributed by atoms with Crippen LogP contribution in [0.5, 0.6) is 11.5 Å². The molecule has 0 saturated carbocycles. The molecule has 0 bridgehead atoms. The number of carbonyl (C=O) groups is 1. The Morgan fingerprint density at radius 1 is 1.30 bits per heavy atom. The van der Waals surface area contributed by atoms with Gasteiger partial charge in [-0.2, -0.15) is 14.0 Å². The molecule has 2 aromatic rings. The van der Waals surface area contributed by atoms with E-state index in [0.717, 1.165) is 12.1 Å². The summed E-state index contributed by atoms with van der Waals surface area (Å²) >= 11 is 5.92. The number of benzene rings is 2. The van der Waals surface area contributed by atoms with Crippen LogP contribution in [-0.4, -0.2) is 19.6 Å². The number of nitriles is 1. The van der Waals surface area contributed by atoms with Crippen molar-refractivity contribution in [3.8, 4) is 17.6 Å². The summed E-state index contributed by atoms with van der Waals surface area (Å²) in [5.41, 5.74) is 0.253. The molecule has 0 fully saturated rings. The number of rotatable bonds is 6. The number of alkyl halides is 2. The zero-order chi connectivity index (χ0) is 20.0. The minimum Gasteiger partial charge on any atom is -0.493 e. The highest BCUT2D eigenvalue weighted by molar-refractivity contribution is 6.32. The molecule has 1 amide bonds. The molecular formula is C18H12ClF3N2O3. The van der Waals surface area contributed by atoms with Gasteiger partial charge < -0.3 is 14.8 Å². The first-order chi connectivity index (χ1) is 12.8. The molecule has 0 aliphatic carbocycles. The van der Waals surface area contributed by atoms with Gasteiger partial charge in [0.25, 0.3) is 5.91 Å². The minimum atomic E-state index is -3.10. The van der Waals surface area contributed by atoms with Gasteiger partial charge in [-0.3, -0.25) is 4.79 Å². The predicted octanol–water partition coefficient (Wildman–Crippen LogP) is 4.63. The monoisotopic (exact) mass is 396 g/mol. The molecule has 140 valence electrons. The van der Waals surface area contributed by atoms with Crippen LogP contribution in [0.4, 0.5) is 18.9 Å². The number of carbonyl (C=O) groups excluding carboxylic acids is 1. The molecule has 0 atom stereocenters. The van der Waals surface area contributed by atoms with Crippen molar-refractivity contribution in [2.75, 3.05) is 12.4 Å². The predicted molar refractivity (Wildman–Crippen MR) is 93.3 cm³/mol. The number of ether oxygens (including phenoxy) is 2. The van der Waals surface area contributed by atoms with E-state index in [2.05, 4.69) is 10.1 Å². The Balaban J connectivity index is 2.31. The highest BCUT2D eigenvalue weighted by Gasteiger charge is 2.17. The SMILES string of the molecule is COc1cc(/C=C(\C#N)C(=O)Nc2ccc(F)cc2)cc(Cl)c1OC(F)F. The van der Waals surface area contributed by atoms with Crippen molar-refractivity contribution < 1.29 is 27.4 Å². The lowest BCUT2D eigenvalue weighted by Crippen LogP contribution is -2.13. The lowest BCUT2D eigenvalue weighted by molar-refractivity contribution is -0.112. The summed E-state index contributed by atoms with van der Waals surface area (Å²) < 4.78 is 47.1. The first-order valence-electron chi connectivity index (χ1n) is 7.35. The molecule has 0 aromatic heterocycles. The van der Waals surface area contributed by atoms with Crippen LogP contribution in [-0.2, 0) is 4.79 Å². The van der Waals surface area contributed by atoms with Crippen LogP contribution in [0.15, 0.2) is 42.0 Å². The second-order valence-corrected chi connectivity index (χ2v) is 5.45. The Hall–Kier alpha value is -3.18. The Labute approximate surface area is 157 Å². The molecule has 0 heterocycles. The van der Waals surface area contributed by atoms with Crippen LogP contribution in [0.2, 0.25) is 5.02 Å². The van der Waals surface area contributed by atoms with Gasteiger partial charge in [-0.05, 0) is 48.0 Å². The Morgan fingerprint density at radius 3 is 2.52 bits per heavy atom. The van der Waals surface area contributed by atoms with Crippen molar-refractivity contribution in [2.45, 2.75) is 6.61 Å². The van der Waals surface area contributed by atoms with Gasteiger partial charge in [-0.15, -0.1) is 0 Å². The first kappa shape index (κ1) is 20.1. The molecule has 0 aliphatic heterocycles. The fourth-order valence-corrected chi connectivity index (χ4v) is 2.34. The number of anilines is 1. The molecule has 27 heavy (non-hydrogen) atoms. The number of amides is 1. The summed E-state index contributed by atoms with van der Waals surface area (Å²) in [6.45, 7) is -3.10. The first-order valence-corrected chi connectivity index (χ1v) is 7.73. The zero-order valence-electron chi connectivity index (χ0n) is 13.8. The number of nitrogens with zero attached hydrogens (tertiary/aromatic N) is 1. The lowest BCUT2D eigenvalue weighted by Gasteiger charge is -2.12. The summed E-state index contributed by atoms with van der Waals surface area (Å²) in [6.07, 6.45) is 1.19. The van der Waals surface area contributed by atoms with Gasteiger partial charge in [-0.1, -0.05) is 11.6 Å². The number of halogens is 4. The fourth-order valence-electron chi connectivity index (χ4n) is 2.07. The maximum atomic E-state index is 12.9. The molecule has 0 unspecified atom stereocenters. The normalized spacial score (nSPS) is 11.1.